The Morgan fingerprint density at radius 2 is 1.63 bits per heavy atom. The Balaban J connectivity index is 1.56. The molecule has 0 amide bonds. The van der Waals surface area contributed by atoms with Gasteiger partial charge in [0, 0.05) is 18.2 Å². The van der Waals surface area contributed by atoms with Gasteiger partial charge in [0.2, 0.25) is 0 Å². The molecule has 1 heterocycles. The van der Waals surface area contributed by atoms with Crippen LogP contribution < -0.4 is 16.6 Å². The molecule has 0 fully saturated rings. The number of rotatable bonds is 8. The number of nitrogen functional groups attached to an aromatic ring is 1. The number of nitrogens with one attached hydrogen (secondary N) is 1. The largest absolute Gasteiger partial charge is 0.480 e. The highest BCUT2D eigenvalue weighted by Gasteiger charge is 2.19. The van der Waals surface area contributed by atoms with Crippen LogP contribution in [-0.2, 0) is 11.3 Å². The van der Waals surface area contributed by atoms with Gasteiger partial charge in [0.15, 0.2) is 0 Å². The van der Waals surface area contributed by atoms with Crippen molar-refractivity contribution in [3.63, 3.8) is 0 Å². The molecule has 6 nitrogen and oxygen atoms in total. The molecule has 4 rings (SSSR count). The molecule has 0 aliphatic heterocycles. The van der Waals surface area contributed by atoms with Crippen LogP contribution in [0, 0.1) is 5.82 Å². The predicted octanol–water partition coefficient (Wildman–Crippen LogP) is 4.54. The van der Waals surface area contributed by atoms with Crippen LogP contribution in [0.3, 0.4) is 0 Å². The van der Waals surface area contributed by atoms with Gasteiger partial charge in [0.25, 0.3) is 5.56 Å². The highest BCUT2D eigenvalue weighted by atomic mass is 19.1. The van der Waals surface area contributed by atoms with E-state index in [1.807, 2.05) is 6.07 Å². The molecule has 0 spiro atoms. The summed E-state index contributed by atoms with van der Waals surface area (Å²) in [6.07, 6.45) is 0. The number of pyridine rings is 1. The van der Waals surface area contributed by atoms with Gasteiger partial charge in [0.05, 0.1) is 5.69 Å². The van der Waals surface area contributed by atoms with Crippen molar-refractivity contribution in [1.29, 1.82) is 0 Å². The molecule has 4 aromatic rings. The van der Waals surface area contributed by atoms with E-state index >= 15 is 0 Å². The molecule has 0 bridgehead atoms. The van der Waals surface area contributed by atoms with E-state index in [-0.39, 0.29) is 17.2 Å². The number of nitrogens with two attached hydrogens (primary N) is 1. The first-order chi connectivity index (χ1) is 16.8. The summed E-state index contributed by atoms with van der Waals surface area (Å²) < 4.78 is 14.7. The number of carbonyl (C=O) groups is 1. The summed E-state index contributed by atoms with van der Waals surface area (Å²) >= 11 is 0. The predicted molar refractivity (Wildman–Crippen MR) is 135 cm³/mol. The van der Waals surface area contributed by atoms with E-state index in [2.05, 4.69) is 11.9 Å². The molecule has 35 heavy (non-hydrogen) atoms. The fraction of sp³-hybridized carbons (Fsp3) is 0.0714. The number of aliphatic carboxylic acids is 1. The lowest BCUT2D eigenvalue weighted by molar-refractivity contribution is -0.139. The first kappa shape index (κ1) is 23.7. The number of benzene rings is 3. The first-order valence-corrected chi connectivity index (χ1v) is 10.9. The Bertz CT molecular complexity index is 1410. The summed E-state index contributed by atoms with van der Waals surface area (Å²) in [7, 11) is 0. The highest BCUT2D eigenvalue weighted by molar-refractivity contribution is 5.83. The van der Waals surface area contributed by atoms with Crippen LogP contribution in [0.1, 0.15) is 28.3 Å². The normalized spacial score (nSPS) is 11.7. The molecule has 0 aliphatic carbocycles. The van der Waals surface area contributed by atoms with Crippen LogP contribution in [0.25, 0.3) is 11.3 Å². The summed E-state index contributed by atoms with van der Waals surface area (Å²) in [5.41, 5.74) is 9.95. The van der Waals surface area contributed by atoms with Gasteiger partial charge in [-0.15, -0.1) is 0 Å². The molecule has 0 saturated carbocycles. The number of carboxylic acids is 1. The maximum Gasteiger partial charge on any atom is 0.325 e. The number of halogens is 1. The summed E-state index contributed by atoms with van der Waals surface area (Å²) in [6.45, 7) is 4.39. The minimum Gasteiger partial charge on any atom is -0.480 e. The third-order valence-electron chi connectivity index (χ3n) is 5.73. The van der Waals surface area contributed by atoms with E-state index in [4.69, 9.17) is 5.73 Å². The second-order valence-electron chi connectivity index (χ2n) is 8.02. The Kier molecular flexibility index (Phi) is 6.89. The number of hydrogen-bond acceptors (Lipinski definition) is 4. The van der Waals surface area contributed by atoms with E-state index in [1.54, 1.807) is 66.7 Å². The molecule has 176 valence electrons. The monoisotopic (exact) mass is 469 g/mol. The molecule has 4 N–H and O–H groups in total. The summed E-state index contributed by atoms with van der Waals surface area (Å²) in [5.74, 6) is -1.11. The maximum absolute atomic E-state index is 13.3. The molecule has 1 atom stereocenters. The van der Waals surface area contributed by atoms with Crippen LogP contribution in [0.4, 0.5) is 10.2 Å². The zero-order chi connectivity index (χ0) is 24.9. The minimum absolute atomic E-state index is 0.215. The van der Waals surface area contributed by atoms with Gasteiger partial charge in [-0.05, 0) is 52.6 Å². The zero-order valence-electron chi connectivity index (χ0n) is 18.8. The van der Waals surface area contributed by atoms with Crippen molar-refractivity contribution in [3.8, 4) is 5.69 Å². The van der Waals surface area contributed by atoms with Crippen molar-refractivity contribution in [2.75, 3.05) is 5.73 Å². The number of anilines is 1. The van der Waals surface area contributed by atoms with Crippen LogP contribution >= 0.6 is 0 Å². The van der Waals surface area contributed by atoms with E-state index in [0.717, 1.165) is 5.56 Å². The fourth-order valence-corrected chi connectivity index (χ4v) is 3.86. The Labute approximate surface area is 201 Å². The average molecular weight is 470 g/mol. The van der Waals surface area contributed by atoms with E-state index < -0.39 is 12.0 Å². The van der Waals surface area contributed by atoms with Crippen molar-refractivity contribution in [1.82, 2.24) is 9.88 Å². The van der Waals surface area contributed by atoms with Crippen molar-refractivity contribution < 1.29 is 14.3 Å². The second-order valence-corrected chi connectivity index (χ2v) is 8.02. The van der Waals surface area contributed by atoms with E-state index in [9.17, 15) is 19.1 Å². The first-order valence-electron chi connectivity index (χ1n) is 10.9. The highest BCUT2D eigenvalue weighted by Crippen LogP contribution is 2.27. The molecular formula is C28H24FN3O3. The lowest BCUT2D eigenvalue weighted by Gasteiger charge is -2.17. The second kappa shape index (κ2) is 10.2. The van der Waals surface area contributed by atoms with Crippen LogP contribution in [0.5, 0.6) is 0 Å². The topological polar surface area (TPSA) is 97.3 Å². The van der Waals surface area contributed by atoms with Crippen molar-refractivity contribution in [2.45, 2.75) is 12.6 Å². The molecule has 0 unspecified atom stereocenters. The summed E-state index contributed by atoms with van der Waals surface area (Å²) in [4.78, 5) is 24.4. The number of nitrogens with zero attached hydrogens (tertiary/aromatic N) is 1. The zero-order valence-corrected chi connectivity index (χ0v) is 18.8. The lowest BCUT2D eigenvalue weighted by atomic mass is 10.00. The van der Waals surface area contributed by atoms with Gasteiger partial charge in [-0.25, -0.2) is 4.39 Å². The van der Waals surface area contributed by atoms with Gasteiger partial charge in [0.1, 0.15) is 17.7 Å². The van der Waals surface area contributed by atoms with Crippen molar-refractivity contribution in [2.24, 2.45) is 0 Å². The molecule has 0 aliphatic rings. The molecular weight excluding hydrogens is 445 g/mol. The number of carboxylic acid groups (broad SMARTS) is 1. The minimum atomic E-state index is -0.967. The standard InChI is InChI=1S/C28H24FN3O3/c1-18(20-9-11-22(29)12-10-20)24-15-16-25(33)32(27(24)30)23-13-7-19(8-14-23)17-31-26(28(34)35)21-5-3-2-4-6-21/h2-16,26,31H,1,17,30H2,(H,34,35)/t26-/m0/s1. The molecule has 1 aromatic heterocycles. The van der Waals surface area contributed by atoms with Gasteiger partial charge < -0.3 is 10.8 Å². The fourth-order valence-electron chi connectivity index (χ4n) is 3.86. The number of aromatic nitrogens is 1. The summed E-state index contributed by atoms with van der Waals surface area (Å²) in [5, 5.41) is 12.6. The summed E-state index contributed by atoms with van der Waals surface area (Å²) in [6, 6.07) is 24.1. The SMILES string of the molecule is C=C(c1ccc(F)cc1)c1ccc(=O)n(-c2ccc(CN[C@H](C(=O)O)c3ccccc3)cc2)c1N. The van der Waals surface area contributed by atoms with E-state index in [0.29, 0.717) is 34.5 Å². The van der Waals surface area contributed by atoms with Gasteiger partial charge in [-0.1, -0.05) is 61.2 Å². The molecule has 0 saturated heterocycles. The van der Waals surface area contributed by atoms with Gasteiger partial charge in [-0.3, -0.25) is 19.5 Å². The Morgan fingerprint density at radius 1 is 0.971 bits per heavy atom. The smallest absolute Gasteiger partial charge is 0.325 e. The lowest BCUT2D eigenvalue weighted by Crippen LogP contribution is -2.28. The van der Waals surface area contributed by atoms with Crippen molar-refractivity contribution in [3.05, 3.63) is 136 Å². The quantitative estimate of drug-likeness (QED) is 0.352. The van der Waals surface area contributed by atoms with Crippen molar-refractivity contribution >= 4 is 17.4 Å². The van der Waals surface area contributed by atoms with Gasteiger partial charge in [-0.2, -0.15) is 0 Å². The molecule has 7 heteroatoms. The number of hydrogen-bond donors (Lipinski definition) is 3. The Morgan fingerprint density at radius 3 is 2.26 bits per heavy atom. The van der Waals surface area contributed by atoms with Crippen LogP contribution in [-0.4, -0.2) is 15.6 Å². The third-order valence-corrected chi connectivity index (χ3v) is 5.73. The average Bonchev–Trinajstić information content (AvgIpc) is 2.86. The maximum atomic E-state index is 13.3. The Hall–Kier alpha value is -4.49. The molecule has 0 radical (unpaired) electrons. The molecule has 3 aromatic carbocycles. The third kappa shape index (κ3) is 5.20. The van der Waals surface area contributed by atoms with Gasteiger partial charge >= 0.3 is 5.97 Å². The van der Waals surface area contributed by atoms with Crippen LogP contribution in [0.2, 0.25) is 0 Å². The van der Waals surface area contributed by atoms with E-state index in [1.165, 1.54) is 22.8 Å². The van der Waals surface area contributed by atoms with Crippen LogP contribution in [0.15, 0.2) is 102 Å².